The summed E-state index contributed by atoms with van der Waals surface area (Å²) in [5.41, 5.74) is 6.51. The molecule has 27 heavy (non-hydrogen) atoms. The molecule has 0 atom stereocenters. The fourth-order valence-corrected chi connectivity index (χ4v) is 3.71. The van der Waals surface area contributed by atoms with Crippen molar-refractivity contribution < 1.29 is 5.21 Å². The SMILES string of the molecule is C/C(=N\O)c1cccc(-c2nc3ccccc3c3[nH]c4ccccc4c23)c1. The molecule has 2 aromatic heterocycles. The van der Waals surface area contributed by atoms with Crippen LogP contribution in [0.4, 0.5) is 0 Å². The van der Waals surface area contributed by atoms with Crippen molar-refractivity contribution >= 4 is 38.4 Å². The van der Waals surface area contributed by atoms with Gasteiger partial charge in [0.05, 0.1) is 22.4 Å². The van der Waals surface area contributed by atoms with Crippen molar-refractivity contribution in [3.63, 3.8) is 0 Å². The maximum Gasteiger partial charge on any atom is 0.0837 e. The molecule has 0 aliphatic heterocycles. The van der Waals surface area contributed by atoms with Gasteiger partial charge in [0.2, 0.25) is 0 Å². The zero-order valence-electron chi connectivity index (χ0n) is 14.8. The number of aromatic nitrogens is 2. The van der Waals surface area contributed by atoms with E-state index >= 15 is 0 Å². The number of rotatable bonds is 2. The van der Waals surface area contributed by atoms with Gasteiger partial charge in [-0.05, 0) is 30.7 Å². The molecule has 3 aromatic carbocycles. The average molecular weight is 351 g/mol. The van der Waals surface area contributed by atoms with Crippen LogP contribution in [0.2, 0.25) is 0 Å². The summed E-state index contributed by atoms with van der Waals surface area (Å²) >= 11 is 0. The molecule has 0 saturated heterocycles. The van der Waals surface area contributed by atoms with Gasteiger partial charge in [-0.1, -0.05) is 59.8 Å². The molecule has 0 amide bonds. The minimum atomic E-state index is 0.577. The minimum Gasteiger partial charge on any atom is -0.411 e. The lowest BCUT2D eigenvalue weighted by molar-refractivity contribution is 0.319. The molecule has 0 bridgehead atoms. The van der Waals surface area contributed by atoms with Gasteiger partial charge >= 0.3 is 0 Å². The van der Waals surface area contributed by atoms with Crippen LogP contribution < -0.4 is 0 Å². The van der Waals surface area contributed by atoms with Crippen LogP contribution in [-0.4, -0.2) is 20.9 Å². The van der Waals surface area contributed by atoms with E-state index in [-0.39, 0.29) is 0 Å². The number of hydrogen-bond acceptors (Lipinski definition) is 3. The highest BCUT2D eigenvalue weighted by molar-refractivity contribution is 6.21. The van der Waals surface area contributed by atoms with E-state index in [4.69, 9.17) is 10.2 Å². The zero-order chi connectivity index (χ0) is 18.4. The highest BCUT2D eigenvalue weighted by Crippen LogP contribution is 2.37. The van der Waals surface area contributed by atoms with E-state index in [9.17, 15) is 0 Å². The number of nitrogens with one attached hydrogen (secondary N) is 1. The summed E-state index contributed by atoms with van der Waals surface area (Å²) in [7, 11) is 0. The van der Waals surface area contributed by atoms with E-state index in [1.54, 1.807) is 6.92 Å². The van der Waals surface area contributed by atoms with Gasteiger partial charge in [-0.3, -0.25) is 0 Å². The second-order valence-corrected chi connectivity index (χ2v) is 6.66. The molecular formula is C23H17N3O. The standard InChI is InChI=1S/C23H17N3O/c1-14(26-27)15-7-6-8-16(13-15)22-21-17-9-2-4-11-19(17)25-23(21)18-10-3-5-12-20(18)24-22/h2-13,25,27H,1H3/b26-14+. The lowest BCUT2D eigenvalue weighted by Gasteiger charge is -2.09. The molecule has 0 saturated carbocycles. The Morgan fingerprint density at radius 3 is 2.56 bits per heavy atom. The van der Waals surface area contributed by atoms with E-state index in [0.717, 1.165) is 49.5 Å². The van der Waals surface area contributed by atoms with Gasteiger partial charge in [-0.15, -0.1) is 0 Å². The van der Waals surface area contributed by atoms with E-state index in [1.807, 2.05) is 54.6 Å². The van der Waals surface area contributed by atoms with Crippen molar-refractivity contribution in [2.24, 2.45) is 5.16 Å². The van der Waals surface area contributed by atoms with Crippen molar-refractivity contribution in [3.8, 4) is 11.3 Å². The van der Waals surface area contributed by atoms with Gasteiger partial charge in [0.15, 0.2) is 0 Å². The van der Waals surface area contributed by atoms with Crippen molar-refractivity contribution in [1.29, 1.82) is 0 Å². The summed E-state index contributed by atoms with van der Waals surface area (Å²) in [4.78, 5) is 8.58. The maximum absolute atomic E-state index is 9.14. The number of H-pyrrole nitrogens is 1. The first-order valence-electron chi connectivity index (χ1n) is 8.85. The molecule has 4 heteroatoms. The quantitative estimate of drug-likeness (QED) is 0.242. The first-order chi connectivity index (χ1) is 13.3. The summed E-state index contributed by atoms with van der Waals surface area (Å²) in [6.07, 6.45) is 0. The van der Waals surface area contributed by atoms with Gasteiger partial charge in [-0.25, -0.2) is 4.98 Å². The Balaban J connectivity index is 1.94. The van der Waals surface area contributed by atoms with Crippen molar-refractivity contribution in [2.45, 2.75) is 6.92 Å². The second kappa shape index (κ2) is 5.95. The number of fused-ring (bicyclic) bond motifs is 5. The van der Waals surface area contributed by atoms with Crippen molar-refractivity contribution in [3.05, 3.63) is 78.4 Å². The zero-order valence-corrected chi connectivity index (χ0v) is 14.8. The van der Waals surface area contributed by atoms with Crippen LogP contribution in [0.3, 0.4) is 0 Å². The second-order valence-electron chi connectivity index (χ2n) is 6.66. The number of para-hydroxylation sites is 2. The first-order valence-corrected chi connectivity index (χ1v) is 8.85. The normalized spacial score (nSPS) is 12.3. The predicted octanol–water partition coefficient (Wildman–Crippen LogP) is 5.73. The Bertz CT molecular complexity index is 1350. The highest BCUT2D eigenvalue weighted by atomic mass is 16.4. The van der Waals surface area contributed by atoms with Gasteiger partial charge in [0.25, 0.3) is 0 Å². The molecule has 0 aliphatic rings. The Labute approximate surface area is 155 Å². The van der Waals surface area contributed by atoms with E-state index < -0.39 is 0 Å². The molecule has 130 valence electrons. The predicted molar refractivity (Wildman–Crippen MR) is 111 cm³/mol. The van der Waals surface area contributed by atoms with Crippen molar-refractivity contribution in [1.82, 2.24) is 9.97 Å². The molecule has 0 radical (unpaired) electrons. The molecular weight excluding hydrogens is 334 g/mol. The third-order valence-electron chi connectivity index (χ3n) is 5.05. The number of hydrogen-bond donors (Lipinski definition) is 2. The molecule has 0 spiro atoms. The summed E-state index contributed by atoms with van der Waals surface area (Å²) in [6.45, 7) is 1.79. The highest BCUT2D eigenvalue weighted by Gasteiger charge is 2.15. The monoisotopic (exact) mass is 351 g/mol. The number of pyridine rings is 1. The molecule has 5 aromatic rings. The summed E-state index contributed by atoms with van der Waals surface area (Å²) in [6, 6.07) is 24.5. The third kappa shape index (κ3) is 2.38. The number of benzene rings is 3. The largest absolute Gasteiger partial charge is 0.411 e. The summed E-state index contributed by atoms with van der Waals surface area (Å²) < 4.78 is 0. The van der Waals surface area contributed by atoms with Gasteiger partial charge in [-0.2, -0.15) is 0 Å². The topological polar surface area (TPSA) is 61.3 Å². The molecule has 2 N–H and O–H groups in total. The maximum atomic E-state index is 9.14. The summed E-state index contributed by atoms with van der Waals surface area (Å²) in [5, 5.41) is 15.8. The van der Waals surface area contributed by atoms with Gasteiger partial charge < -0.3 is 10.2 Å². The Kier molecular flexibility index (Phi) is 3.44. The van der Waals surface area contributed by atoms with Crippen molar-refractivity contribution in [2.75, 3.05) is 0 Å². The molecule has 0 fully saturated rings. The first kappa shape index (κ1) is 15.6. The Hall–Kier alpha value is -3.66. The lowest BCUT2D eigenvalue weighted by atomic mass is 10.00. The van der Waals surface area contributed by atoms with Crippen LogP contribution in [0.1, 0.15) is 12.5 Å². The van der Waals surface area contributed by atoms with Crippen LogP contribution >= 0.6 is 0 Å². The molecule has 0 unspecified atom stereocenters. The van der Waals surface area contributed by atoms with Gasteiger partial charge in [0.1, 0.15) is 0 Å². The van der Waals surface area contributed by atoms with E-state index in [0.29, 0.717) is 5.71 Å². The Morgan fingerprint density at radius 2 is 1.70 bits per heavy atom. The number of aromatic amines is 1. The third-order valence-corrected chi connectivity index (χ3v) is 5.05. The van der Waals surface area contributed by atoms with Crippen LogP contribution in [0.5, 0.6) is 0 Å². The van der Waals surface area contributed by atoms with Gasteiger partial charge in [0, 0.05) is 27.2 Å². The molecule has 0 aliphatic carbocycles. The van der Waals surface area contributed by atoms with Crippen LogP contribution in [0.15, 0.2) is 78.0 Å². The smallest absolute Gasteiger partial charge is 0.0837 e. The molecule has 5 rings (SSSR count). The average Bonchev–Trinajstić information content (AvgIpc) is 3.12. The summed E-state index contributed by atoms with van der Waals surface area (Å²) in [5.74, 6) is 0. The van der Waals surface area contributed by atoms with Crippen LogP contribution in [0.25, 0.3) is 44.0 Å². The molecule has 2 heterocycles. The van der Waals surface area contributed by atoms with Crippen LogP contribution in [-0.2, 0) is 0 Å². The van der Waals surface area contributed by atoms with E-state index in [1.165, 1.54) is 0 Å². The Morgan fingerprint density at radius 1 is 0.926 bits per heavy atom. The number of oxime groups is 1. The lowest BCUT2D eigenvalue weighted by Crippen LogP contribution is -1.95. The number of nitrogens with zero attached hydrogens (tertiary/aromatic N) is 2. The fraction of sp³-hybridized carbons (Fsp3) is 0.0435. The molecule has 4 nitrogen and oxygen atoms in total. The minimum absolute atomic E-state index is 0.577. The fourth-order valence-electron chi connectivity index (χ4n) is 3.71. The van der Waals surface area contributed by atoms with E-state index in [2.05, 4.69) is 28.3 Å². The van der Waals surface area contributed by atoms with Crippen LogP contribution in [0, 0.1) is 0 Å².